The number of aromatic nitrogens is 5. The minimum atomic E-state index is 0.340. The Labute approximate surface area is 224 Å². The Hall–Kier alpha value is -2.82. The van der Waals surface area contributed by atoms with Gasteiger partial charge in [0.15, 0.2) is 5.82 Å². The third-order valence-corrected chi connectivity index (χ3v) is 8.51. The summed E-state index contributed by atoms with van der Waals surface area (Å²) >= 11 is 0. The van der Waals surface area contributed by atoms with Gasteiger partial charge >= 0.3 is 0 Å². The van der Waals surface area contributed by atoms with Crippen molar-refractivity contribution in [2.75, 3.05) is 57.0 Å². The molecule has 3 fully saturated rings. The van der Waals surface area contributed by atoms with Crippen molar-refractivity contribution in [1.29, 1.82) is 0 Å². The van der Waals surface area contributed by atoms with Crippen molar-refractivity contribution in [1.82, 2.24) is 34.9 Å². The van der Waals surface area contributed by atoms with Crippen molar-refractivity contribution in [3.63, 3.8) is 0 Å². The molecule has 0 radical (unpaired) electrons. The molecule has 204 valence electrons. The molecular formula is C28H41N9O. The van der Waals surface area contributed by atoms with E-state index in [4.69, 9.17) is 25.5 Å². The normalized spacial score (nSPS) is 20.8. The molecule has 0 saturated carbocycles. The van der Waals surface area contributed by atoms with E-state index in [2.05, 4.69) is 38.3 Å². The third kappa shape index (κ3) is 5.48. The standard InChI is InChI=1S/C28H41N9O/c1-2-24-28(33-21-7-13-38-14-8-21)35-25-23(16-31-27(29)26(25)34-24)20-15-32-37(18-20)22-5-11-36(12-6-22)17-19-3-9-30-10-4-19/h15-16,18-19,21-22,30H,2-14,17H2,1H3,(H2,29,31)(H,33,35). The quantitative estimate of drug-likeness (QED) is 0.432. The van der Waals surface area contributed by atoms with Gasteiger partial charge in [0.1, 0.15) is 16.9 Å². The highest BCUT2D eigenvalue weighted by molar-refractivity contribution is 5.96. The number of hydrogen-bond acceptors (Lipinski definition) is 9. The molecule has 3 saturated heterocycles. The molecule has 6 rings (SSSR count). The third-order valence-electron chi connectivity index (χ3n) is 8.51. The fourth-order valence-corrected chi connectivity index (χ4v) is 6.17. The predicted molar refractivity (Wildman–Crippen MR) is 150 cm³/mol. The Kier molecular flexibility index (Phi) is 7.71. The van der Waals surface area contributed by atoms with Crippen LogP contribution in [0, 0.1) is 5.92 Å². The molecule has 0 amide bonds. The van der Waals surface area contributed by atoms with Crippen molar-refractivity contribution in [3.05, 3.63) is 24.3 Å². The highest BCUT2D eigenvalue weighted by atomic mass is 16.5. The fourth-order valence-electron chi connectivity index (χ4n) is 6.17. The number of nitrogens with zero attached hydrogens (tertiary/aromatic N) is 6. The number of hydrogen-bond donors (Lipinski definition) is 3. The smallest absolute Gasteiger partial charge is 0.151 e. The van der Waals surface area contributed by atoms with Gasteiger partial charge in [-0.05, 0) is 64.0 Å². The number of rotatable bonds is 7. The first kappa shape index (κ1) is 25.5. The van der Waals surface area contributed by atoms with Crippen molar-refractivity contribution in [3.8, 4) is 11.1 Å². The number of anilines is 2. The molecular weight excluding hydrogens is 478 g/mol. The molecule has 0 aliphatic carbocycles. The molecule has 38 heavy (non-hydrogen) atoms. The number of nitrogen functional groups attached to an aromatic ring is 1. The molecule has 3 aliphatic rings. The van der Waals surface area contributed by atoms with Crippen LogP contribution in [0.25, 0.3) is 22.2 Å². The second-order valence-electron chi connectivity index (χ2n) is 11.1. The summed E-state index contributed by atoms with van der Waals surface area (Å²) in [6, 6.07) is 0.761. The van der Waals surface area contributed by atoms with Crippen molar-refractivity contribution in [2.45, 2.75) is 64.0 Å². The molecule has 6 heterocycles. The van der Waals surface area contributed by atoms with Gasteiger partial charge in [-0.2, -0.15) is 5.10 Å². The zero-order valence-electron chi connectivity index (χ0n) is 22.5. The van der Waals surface area contributed by atoms with E-state index in [1.54, 1.807) is 0 Å². The van der Waals surface area contributed by atoms with Crippen LogP contribution in [0.5, 0.6) is 0 Å². The Morgan fingerprint density at radius 1 is 1.03 bits per heavy atom. The Morgan fingerprint density at radius 2 is 1.82 bits per heavy atom. The van der Waals surface area contributed by atoms with E-state index in [0.29, 0.717) is 23.4 Å². The average Bonchev–Trinajstić information content (AvgIpc) is 3.45. The molecule has 10 heteroatoms. The molecule has 10 nitrogen and oxygen atoms in total. The summed E-state index contributed by atoms with van der Waals surface area (Å²) in [6.45, 7) is 9.51. The van der Waals surface area contributed by atoms with Crippen LogP contribution in [0.2, 0.25) is 0 Å². The molecule has 0 aromatic carbocycles. The number of aryl methyl sites for hydroxylation is 1. The lowest BCUT2D eigenvalue weighted by molar-refractivity contribution is 0.0903. The summed E-state index contributed by atoms with van der Waals surface area (Å²) in [5.74, 6) is 2.10. The van der Waals surface area contributed by atoms with Crippen LogP contribution in [-0.2, 0) is 11.2 Å². The second kappa shape index (κ2) is 11.5. The van der Waals surface area contributed by atoms with Gasteiger partial charge in [-0.25, -0.2) is 15.0 Å². The summed E-state index contributed by atoms with van der Waals surface area (Å²) in [6.07, 6.45) is 13.5. The van der Waals surface area contributed by atoms with Crippen LogP contribution >= 0.6 is 0 Å². The minimum Gasteiger partial charge on any atom is -0.382 e. The number of piperidine rings is 2. The average molecular weight is 520 g/mol. The molecule has 0 unspecified atom stereocenters. The lowest BCUT2D eigenvalue weighted by Gasteiger charge is -2.35. The van der Waals surface area contributed by atoms with Crippen LogP contribution in [0.15, 0.2) is 18.6 Å². The van der Waals surface area contributed by atoms with Gasteiger partial charge in [0.05, 0.1) is 17.9 Å². The molecule has 3 aliphatic heterocycles. The molecule has 4 N–H and O–H groups in total. The first-order valence-corrected chi connectivity index (χ1v) is 14.4. The van der Waals surface area contributed by atoms with Gasteiger partial charge < -0.3 is 26.0 Å². The van der Waals surface area contributed by atoms with E-state index in [1.165, 1.54) is 32.5 Å². The summed E-state index contributed by atoms with van der Waals surface area (Å²) in [5.41, 5.74) is 10.6. The zero-order chi connectivity index (χ0) is 25.9. The molecule has 3 aromatic heterocycles. The summed E-state index contributed by atoms with van der Waals surface area (Å²) in [7, 11) is 0. The molecule has 0 spiro atoms. The Morgan fingerprint density at radius 3 is 2.58 bits per heavy atom. The monoisotopic (exact) mass is 519 g/mol. The lowest BCUT2D eigenvalue weighted by atomic mass is 9.96. The van der Waals surface area contributed by atoms with Crippen LogP contribution in [0.4, 0.5) is 11.6 Å². The number of likely N-dealkylation sites (tertiary alicyclic amines) is 1. The maximum atomic E-state index is 6.28. The maximum absolute atomic E-state index is 6.28. The van der Waals surface area contributed by atoms with Crippen molar-refractivity contribution in [2.24, 2.45) is 5.92 Å². The summed E-state index contributed by atoms with van der Waals surface area (Å²) < 4.78 is 7.68. The number of pyridine rings is 1. The Bertz CT molecular complexity index is 1220. The van der Waals surface area contributed by atoms with Crippen molar-refractivity contribution >= 4 is 22.7 Å². The number of fused-ring (bicyclic) bond motifs is 1. The topological polar surface area (TPSA) is 119 Å². The van der Waals surface area contributed by atoms with Gasteiger partial charge in [0, 0.05) is 62.4 Å². The Balaban J connectivity index is 1.21. The largest absolute Gasteiger partial charge is 0.382 e. The lowest BCUT2D eigenvalue weighted by Crippen LogP contribution is -2.40. The van der Waals surface area contributed by atoms with Crippen LogP contribution in [0.1, 0.15) is 57.2 Å². The first-order chi connectivity index (χ1) is 18.7. The molecule has 3 aromatic rings. The van der Waals surface area contributed by atoms with Gasteiger partial charge in [-0.15, -0.1) is 0 Å². The molecule has 0 bridgehead atoms. The predicted octanol–water partition coefficient (Wildman–Crippen LogP) is 3.26. The number of nitrogens with two attached hydrogens (primary N) is 1. The van der Waals surface area contributed by atoms with E-state index in [9.17, 15) is 0 Å². The van der Waals surface area contributed by atoms with Crippen LogP contribution in [0.3, 0.4) is 0 Å². The SMILES string of the molecule is CCc1nc2c(N)ncc(-c3cnn(C4CCN(CC5CCNCC5)CC4)c3)c2nc1NC1CCOCC1. The minimum absolute atomic E-state index is 0.340. The van der Waals surface area contributed by atoms with Gasteiger partial charge in [-0.3, -0.25) is 4.68 Å². The molecule has 0 atom stereocenters. The highest BCUT2D eigenvalue weighted by Crippen LogP contribution is 2.32. The summed E-state index contributed by atoms with van der Waals surface area (Å²) in [4.78, 5) is 17.1. The zero-order valence-corrected chi connectivity index (χ0v) is 22.5. The van der Waals surface area contributed by atoms with Gasteiger partial charge in [-0.1, -0.05) is 6.92 Å². The van der Waals surface area contributed by atoms with Crippen LogP contribution < -0.4 is 16.4 Å². The maximum Gasteiger partial charge on any atom is 0.151 e. The van der Waals surface area contributed by atoms with E-state index in [-0.39, 0.29) is 0 Å². The first-order valence-electron chi connectivity index (χ1n) is 14.4. The van der Waals surface area contributed by atoms with E-state index >= 15 is 0 Å². The fraction of sp³-hybridized carbons (Fsp3) is 0.643. The van der Waals surface area contributed by atoms with Gasteiger partial charge in [0.25, 0.3) is 0 Å². The van der Waals surface area contributed by atoms with Crippen LogP contribution in [-0.4, -0.2) is 81.6 Å². The summed E-state index contributed by atoms with van der Waals surface area (Å²) in [5, 5.41) is 11.9. The highest BCUT2D eigenvalue weighted by Gasteiger charge is 2.25. The number of nitrogens with one attached hydrogen (secondary N) is 2. The number of ether oxygens (including phenoxy) is 1. The van der Waals surface area contributed by atoms with Gasteiger partial charge in [0.2, 0.25) is 0 Å². The second-order valence-corrected chi connectivity index (χ2v) is 11.1. The van der Waals surface area contributed by atoms with E-state index in [1.807, 2.05) is 12.4 Å². The van der Waals surface area contributed by atoms with Crippen molar-refractivity contribution < 1.29 is 4.74 Å². The van der Waals surface area contributed by atoms with E-state index < -0.39 is 0 Å². The van der Waals surface area contributed by atoms with E-state index in [0.717, 1.165) is 92.5 Å².